The van der Waals surface area contributed by atoms with Crippen molar-refractivity contribution in [2.45, 2.75) is 52.1 Å². The number of aromatic carboxylic acids is 1. The van der Waals surface area contributed by atoms with Gasteiger partial charge in [-0.25, -0.2) is 4.79 Å². The van der Waals surface area contributed by atoms with Crippen LogP contribution < -0.4 is 4.74 Å². The van der Waals surface area contributed by atoms with E-state index in [1.165, 1.54) is 16.7 Å². The number of hydrogen-bond donors (Lipinski definition) is 1. The van der Waals surface area contributed by atoms with Crippen LogP contribution in [0.2, 0.25) is 0 Å². The predicted octanol–water partition coefficient (Wildman–Crippen LogP) is 6.58. The zero-order valence-corrected chi connectivity index (χ0v) is 18.5. The molecule has 4 rings (SSSR count). The lowest BCUT2D eigenvalue weighted by atomic mass is 9.85. The van der Waals surface area contributed by atoms with Gasteiger partial charge < -0.3 is 9.84 Å². The van der Waals surface area contributed by atoms with Gasteiger partial charge in [-0.05, 0) is 66.5 Å². The number of fused-ring (bicyclic) bond motifs is 1. The van der Waals surface area contributed by atoms with Crippen molar-refractivity contribution in [2.75, 3.05) is 0 Å². The standard InChI is InChI=1S/C28H30O3/c1-19(2)17-20-7-9-21(10-8-20)18-28(3)16-15-23-5-4-6-25(26(23)31-28)22-11-13-24(14-12-22)27(29)30/h4-14,19H,15-18H2,1-3H3,(H,29,30)/t28-/m0/s1. The van der Waals surface area contributed by atoms with Crippen LogP contribution in [0.3, 0.4) is 0 Å². The van der Waals surface area contributed by atoms with E-state index < -0.39 is 5.97 Å². The fraction of sp³-hybridized carbons (Fsp3) is 0.321. The Bertz CT molecular complexity index is 1060. The molecule has 0 unspecified atom stereocenters. The Hall–Kier alpha value is -3.07. The number of benzene rings is 3. The van der Waals surface area contributed by atoms with Crippen molar-refractivity contribution < 1.29 is 14.6 Å². The summed E-state index contributed by atoms with van der Waals surface area (Å²) < 4.78 is 6.67. The molecule has 3 aromatic carbocycles. The highest BCUT2D eigenvalue weighted by Gasteiger charge is 2.33. The third-order valence-corrected chi connectivity index (χ3v) is 6.06. The average Bonchev–Trinajstić information content (AvgIpc) is 2.74. The van der Waals surface area contributed by atoms with Crippen molar-refractivity contribution in [1.82, 2.24) is 0 Å². The summed E-state index contributed by atoms with van der Waals surface area (Å²) in [5.41, 5.74) is 5.90. The summed E-state index contributed by atoms with van der Waals surface area (Å²) >= 11 is 0. The molecule has 3 nitrogen and oxygen atoms in total. The van der Waals surface area contributed by atoms with E-state index in [0.29, 0.717) is 11.5 Å². The molecule has 0 saturated heterocycles. The van der Waals surface area contributed by atoms with Crippen LogP contribution in [0.25, 0.3) is 11.1 Å². The lowest BCUT2D eigenvalue weighted by molar-refractivity contribution is 0.0661. The Morgan fingerprint density at radius 2 is 1.68 bits per heavy atom. The molecular formula is C28H30O3. The predicted molar refractivity (Wildman–Crippen MR) is 125 cm³/mol. The van der Waals surface area contributed by atoms with Crippen LogP contribution >= 0.6 is 0 Å². The second-order valence-electron chi connectivity index (χ2n) is 9.32. The topological polar surface area (TPSA) is 46.5 Å². The van der Waals surface area contributed by atoms with Crippen molar-refractivity contribution in [3.8, 4) is 16.9 Å². The molecule has 1 aliphatic rings. The van der Waals surface area contributed by atoms with E-state index in [9.17, 15) is 9.90 Å². The van der Waals surface area contributed by atoms with Crippen molar-refractivity contribution in [2.24, 2.45) is 5.92 Å². The fourth-order valence-electron chi connectivity index (χ4n) is 4.44. The number of carboxylic acids is 1. The minimum Gasteiger partial charge on any atom is -0.486 e. The summed E-state index contributed by atoms with van der Waals surface area (Å²) in [5, 5.41) is 9.18. The molecule has 0 spiro atoms. The third-order valence-electron chi connectivity index (χ3n) is 6.06. The number of carbonyl (C=O) groups is 1. The Labute approximate surface area is 184 Å². The van der Waals surface area contributed by atoms with Gasteiger partial charge >= 0.3 is 5.97 Å². The number of rotatable bonds is 6. The molecule has 1 atom stereocenters. The summed E-state index contributed by atoms with van der Waals surface area (Å²) in [4.78, 5) is 11.2. The maximum Gasteiger partial charge on any atom is 0.335 e. The molecule has 1 heterocycles. The van der Waals surface area contributed by atoms with E-state index in [-0.39, 0.29) is 5.60 Å². The number of ether oxygens (including phenoxy) is 1. The molecule has 160 valence electrons. The zero-order chi connectivity index (χ0) is 22.0. The average molecular weight is 415 g/mol. The molecule has 0 bridgehead atoms. The number of hydrogen-bond acceptors (Lipinski definition) is 2. The molecule has 0 radical (unpaired) electrons. The lowest BCUT2D eigenvalue weighted by Gasteiger charge is -2.37. The molecule has 0 aliphatic carbocycles. The zero-order valence-electron chi connectivity index (χ0n) is 18.5. The second kappa shape index (κ2) is 8.58. The van der Waals surface area contributed by atoms with E-state index >= 15 is 0 Å². The summed E-state index contributed by atoms with van der Waals surface area (Å²) in [7, 11) is 0. The largest absolute Gasteiger partial charge is 0.486 e. The van der Waals surface area contributed by atoms with Gasteiger partial charge in [0.1, 0.15) is 11.4 Å². The molecule has 3 heteroatoms. The van der Waals surface area contributed by atoms with E-state index in [2.05, 4.69) is 63.2 Å². The van der Waals surface area contributed by atoms with Gasteiger partial charge in [0, 0.05) is 12.0 Å². The van der Waals surface area contributed by atoms with Gasteiger partial charge in [0.15, 0.2) is 0 Å². The Balaban J connectivity index is 1.58. The van der Waals surface area contributed by atoms with Crippen molar-refractivity contribution in [3.05, 3.63) is 89.0 Å². The minimum atomic E-state index is -0.912. The van der Waals surface area contributed by atoms with Crippen LogP contribution in [0.1, 0.15) is 54.2 Å². The Morgan fingerprint density at radius 3 is 2.32 bits per heavy atom. The van der Waals surface area contributed by atoms with Gasteiger partial charge in [0.25, 0.3) is 0 Å². The highest BCUT2D eigenvalue weighted by Crippen LogP contribution is 2.42. The van der Waals surface area contributed by atoms with Crippen LogP contribution in [-0.4, -0.2) is 16.7 Å². The second-order valence-corrected chi connectivity index (χ2v) is 9.32. The first-order valence-corrected chi connectivity index (χ1v) is 11.1. The molecule has 0 amide bonds. The molecule has 1 aliphatic heterocycles. The van der Waals surface area contributed by atoms with Crippen molar-refractivity contribution in [1.29, 1.82) is 0 Å². The molecule has 0 saturated carbocycles. The molecule has 0 aromatic heterocycles. The first-order valence-electron chi connectivity index (χ1n) is 11.1. The number of carboxylic acid groups (broad SMARTS) is 1. The minimum absolute atomic E-state index is 0.274. The van der Waals surface area contributed by atoms with E-state index in [4.69, 9.17) is 4.74 Å². The van der Waals surface area contributed by atoms with Crippen LogP contribution in [0.15, 0.2) is 66.7 Å². The first-order chi connectivity index (χ1) is 14.8. The third kappa shape index (κ3) is 4.82. The molecule has 0 fully saturated rings. The van der Waals surface area contributed by atoms with Gasteiger partial charge in [0.05, 0.1) is 5.56 Å². The van der Waals surface area contributed by atoms with E-state index in [1.54, 1.807) is 12.1 Å². The van der Waals surface area contributed by atoms with Gasteiger partial charge in [-0.1, -0.05) is 68.4 Å². The van der Waals surface area contributed by atoms with Gasteiger partial charge in [0.2, 0.25) is 0 Å². The van der Waals surface area contributed by atoms with E-state index in [1.807, 2.05) is 12.1 Å². The summed E-state index contributed by atoms with van der Waals surface area (Å²) in [5.74, 6) is 0.671. The molecule has 3 aromatic rings. The molecule has 1 N–H and O–H groups in total. The van der Waals surface area contributed by atoms with Crippen LogP contribution in [0, 0.1) is 5.92 Å². The normalized spacial score (nSPS) is 17.8. The number of aryl methyl sites for hydroxylation is 1. The molecular weight excluding hydrogens is 384 g/mol. The number of para-hydroxylation sites is 1. The first kappa shape index (κ1) is 21.2. The lowest BCUT2D eigenvalue weighted by Crippen LogP contribution is -2.38. The highest BCUT2D eigenvalue weighted by atomic mass is 16.5. The smallest absolute Gasteiger partial charge is 0.335 e. The maximum atomic E-state index is 11.2. The summed E-state index contributed by atoms with van der Waals surface area (Å²) in [6.45, 7) is 6.69. The Morgan fingerprint density at radius 1 is 1.00 bits per heavy atom. The highest BCUT2D eigenvalue weighted by molar-refractivity contribution is 5.88. The quantitative estimate of drug-likeness (QED) is 0.496. The Kier molecular flexibility index (Phi) is 5.86. The van der Waals surface area contributed by atoms with Crippen LogP contribution in [-0.2, 0) is 19.3 Å². The van der Waals surface area contributed by atoms with Gasteiger partial charge in [-0.2, -0.15) is 0 Å². The van der Waals surface area contributed by atoms with Crippen molar-refractivity contribution in [3.63, 3.8) is 0 Å². The SMILES string of the molecule is CC(C)Cc1ccc(C[C@]2(C)CCc3cccc(-c4ccc(C(=O)O)cc4)c3O2)cc1. The van der Waals surface area contributed by atoms with Gasteiger partial charge in [-0.3, -0.25) is 0 Å². The van der Waals surface area contributed by atoms with Crippen LogP contribution in [0.5, 0.6) is 5.75 Å². The maximum absolute atomic E-state index is 11.2. The fourth-order valence-corrected chi connectivity index (χ4v) is 4.44. The van der Waals surface area contributed by atoms with E-state index in [0.717, 1.165) is 42.6 Å². The van der Waals surface area contributed by atoms with Crippen molar-refractivity contribution >= 4 is 5.97 Å². The summed E-state index contributed by atoms with van der Waals surface area (Å²) in [6, 6.07) is 22.2. The molecule has 31 heavy (non-hydrogen) atoms. The monoisotopic (exact) mass is 414 g/mol. The van der Waals surface area contributed by atoms with Gasteiger partial charge in [-0.15, -0.1) is 0 Å². The van der Waals surface area contributed by atoms with Crippen LogP contribution in [0.4, 0.5) is 0 Å². The summed E-state index contributed by atoms with van der Waals surface area (Å²) in [6.07, 6.45) is 3.90.